The Kier molecular flexibility index (Phi) is 3.32. The van der Waals surface area contributed by atoms with Crippen LogP contribution < -0.4 is 5.32 Å². The molecule has 1 saturated carbocycles. The molecule has 94 valence electrons. The van der Waals surface area contributed by atoms with Crippen LogP contribution in [0.15, 0.2) is 42.5 Å². The van der Waals surface area contributed by atoms with Crippen LogP contribution in [0.2, 0.25) is 0 Å². The molecule has 0 saturated heterocycles. The number of rotatable bonds is 3. The van der Waals surface area contributed by atoms with E-state index in [1.165, 1.54) is 6.92 Å². The van der Waals surface area contributed by atoms with Gasteiger partial charge in [0, 0.05) is 5.69 Å². The van der Waals surface area contributed by atoms with E-state index in [2.05, 4.69) is 11.9 Å². The van der Waals surface area contributed by atoms with E-state index in [1.54, 1.807) is 0 Å². The molecule has 0 spiro atoms. The molecule has 1 fully saturated rings. The van der Waals surface area contributed by atoms with Crippen LogP contribution in [0.25, 0.3) is 0 Å². The monoisotopic (exact) mass is 243 g/mol. The van der Waals surface area contributed by atoms with Crippen LogP contribution in [0, 0.1) is 5.41 Å². The highest BCUT2D eigenvalue weighted by Gasteiger charge is 2.48. The molecule has 0 radical (unpaired) electrons. The second-order valence-corrected chi connectivity index (χ2v) is 4.74. The first-order valence-corrected chi connectivity index (χ1v) is 6.13. The summed E-state index contributed by atoms with van der Waals surface area (Å²) in [7, 11) is 0. The SMILES string of the molecule is C=C1CCCC1(C(C)=O)C(=O)Nc1ccccc1. The largest absolute Gasteiger partial charge is 0.325 e. The summed E-state index contributed by atoms with van der Waals surface area (Å²) in [6, 6.07) is 9.19. The molecule has 3 nitrogen and oxygen atoms in total. The van der Waals surface area contributed by atoms with Gasteiger partial charge in [0.2, 0.25) is 5.91 Å². The van der Waals surface area contributed by atoms with Crippen LogP contribution in [-0.4, -0.2) is 11.7 Å². The lowest BCUT2D eigenvalue weighted by Crippen LogP contribution is -2.40. The molecule has 2 rings (SSSR count). The van der Waals surface area contributed by atoms with Crippen molar-refractivity contribution in [1.29, 1.82) is 0 Å². The van der Waals surface area contributed by atoms with Crippen molar-refractivity contribution in [2.24, 2.45) is 5.41 Å². The van der Waals surface area contributed by atoms with E-state index in [1.807, 2.05) is 30.3 Å². The van der Waals surface area contributed by atoms with Gasteiger partial charge in [0.1, 0.15) is 11.2 Å². The first-order chi connectivity index (χ1) is 8.57. The molecular formula is C15H17NO2. The second-order valence-electron chi connectivity index (χ2n) is 4.74. The number of nitrogens with one attached hydrogen (secondary N) is 1. The van der Waals surface area contributed by atoms with Crippen molar-refractivity contribution in [3.05, 3.63) is 42.5 Å². The van der Waals surface area contributed by atoms with Gasteiger partial charge in [-0.15, -0.1) is 0 Å². The summed E-state index contributed by atoms with van der Waals surface area (Å²) < 4.78 is 0. The van der Waals surface area contributed by atoms with Gasteiger partial charge >= 0.3 is 0 Å². The highest BCUT2D eigenvalue weighted by Crippen LogP contribution is 2.43. The van der Waals surface area contributed by atoms with Crippen LogP contribution in [0.5, 0.6) is 0 Å². The van der Waals surface area contributed by atoms with Crippen LogP contribution in [0.1, 0.15) is 26.2 Å². The zero-order valence-electron chi connectivity index (χ0n) is 10.5. The molecule has 18 heavy (non-hydrogen) atoms. The molecule has 1 aliphatic carbocycles. The van der Waals surface area contributed by atoms with Gasteiger partial charge in [-0.1, -0.05) is 30.4 Å². The van der Waals surface area contributed by atoms with E-state index in [9.17, 15) is 9.59 Å². The Balaban J connectivity index is 2.26. The van der Waals surface area contributed by atoms with Gasteiger partial charge in [0.15, 0.2) is 0 Å². The molecule has 1 unspecified atom stereocenters. The number of carbonyl (C=O) groups is 2. The number of para-hydroxylation sites is 1. The quantitative estimate of drug-likeness (QED) is 0.655. The Morgan fingerprint density at radius 3 is 2.44 bits per heavy atom. The first kappa shape index (κ1) is 12.6. The Morgan fingerprint density at radius 1 is 1.28 bits per heavy atom. The number of anilines is 1. The van der Waals surface area contributed by atoms with Crippen molar-refractivity contribution in [2.75, 3.05) is 5.32 Å². The van der Waals surface area contributed by atoms with Crippen LogP contribution in [0.4, 0.5) is 5.69 Å². The molecule has 0 bridgehead atoms. The average Bonchev–Trinajstić information content (AvgIpc) is 2.73. The third-order valence-electron chi connectivity index (χ3n) is 3.65. The van der Waals surface area contributed by atoms with E-state index in [-0.39, 0.29) is 11.7 Å². The van der Waals surface area contributed by atoms with E-state index in [4.69, 9.17) is 0 Å². The summed E-state index contributed by atoms with van der Waals surface area (Å²) in [5, 5.41) is 2.82. The summed E-state index contributed by atoms with van der Waals surface area (Å²) >= 11 is 0. The normalized spacial score (nSPS) is 22.8. The van der Waals surface area contributed by atoms with Crippen LogP contribution in [-0.2, 0) is 9.59 Å². The van der Waals surface area contributed by atoms with Gasteiger partial charge in [0.25, 0.3) is 0 Å². The minimum absolute atomic E-state index is 0.113. The predicted octanol–water partition coefficient (Wildman–Crippen LogP) is 2.94. The lowest BCUT2D eigenvalue weighted by molar-refractivity contribution is -0.134. The Labute approximate surface area is 107 Å². The smallest absolute Gasteiger partial charge is 0.242 e. The highest BCUT2D eigenvalue weighted by atomic mass is 16.2. The van der Waals surface area contributed by atoms with E-state index < -0.39 is 5.41 Å². The Hall–Kier alpha value is -1.90. The number of carbonyl (C=O) groups excluding carboxylic acids is 2. The van der Waals surface area contributed by atoms with Gasteiger partial charge in [-0.05, 0) is 38.3 Å². The van der Waals surface area contributed by atoms with Crippen molar-refractivity contribution in [3.8, 4) is 0 Å². The molecule has 0 aliphatic heterocycles. The van der Waals surface area contributed by atoms with Crippen molar-refractivity contribution >= 4 is 17.4 Å². The number of hydrogen-bond acceptors (Lipinski definition) is 2. The lowest BCUT2D eigenvalue weighted by atomic mass is 9.78. The zero-order valence-corrected chi connectivity index (χ0v) is 10.5. The number of ketones is 1. The third-order valence-corrected chi connectivity index (χ3v) is 3.65. The molecule has 1 atom stereocenters. The topological polar surface area (TPSA) is 46.2 Å². The van der Waals surface area contributed by atoms with Crippen molar-refractivity contribution in [2.45, 2.75) is 26.2 Å². The highest BCUT2D eigenvalue weighted by molar-refractivity contribution is 6.13. The third kappa shape index (κ3) is 1.96. The van der Waals surface area contributed by atoms with Crippen molar-refractivity contribution < 1.29 is 9.59 Å². The first-order valence-electron chi connectivity index (χ1n) is 6.13. The predicted molar refractivity (Wildman–Crippen MR) is 71.2 cm³/mol. The van der Waals surface area contributed by atoms with E-state index in [0.717, 1.165) is 18.4 Å². The molecule has 1 amide bonds. The molecule has 1 N–H and O–H groups in total. The standard InChI is InChI=1S/C15H17NO2/c1-11-7-6-10-15(11,12(2)17)14(18)16-13-8-4-3-5-9-13/h3-5,8-9H,1,6-7,10H2,2H3,(H,16,18). The van der Waals surface area contributed by atoms with Gasteiger partial charge in [0.05, 0.1) is 0 Å². The Morgan fingerprint density at radius 2 is 1.94 bits per heavy atom. The van der Waals surface area contributed by atoms with Gasteiger partial charge in [-0.3, -0.25) is 9.59 Å². The van der Waals surface area contributed by atoms with E-state index >= 15 is 0 Å². The summed E-state index contributed by atoms with van der Waals surface area (Å²) in [6.45, 7) is 5.38. The fourth-order valence-corrected chi connectivity index (χ4v) is 2.58. The maximum atomic E-state index is 12.4. The molecular weight excluding hydrogens is 226 g/mol. The second kappa shape index (κ2) is 4.77. The molecule has 0 aromatic heterocycles. The van der Waals surface area contributed by atoms with Gasteiger partial charge in [-0.2, -0.15) is 0 Å². The van der Waals surface area contributed by atoms with Gasteiger partial charge in [-0.25, -0.2) is 0 Å². The minimum atomic E-state index is -1.02. The fraction of sp³-hybridized carbons (Fsp3) is 0.333. The molecule has 1 aromatic carbocycles. The number of benzene rings is 1. The molecule has 1 aliphatic rings. The summed E-state index contributed by atoms with van der Waals surface area (Å²) in [6.07, 6.45) is 2.17. The van der Waals surface area contributed by atoms with Gasteiger partial charge < -0.3 is 5.32 Å². The molecule has 3 heteroatoms. The minimum Gasteiger partial charge on any atom is -0.325 e. The average molecular weight is 243 g/mol. The zero-order chi connectivity index (χ0) is 13.2. The summed E-state index contributed by atoms with van der Waals surface area (Å²) in [5.74, 6) is -0.359. The fourth-order valence-electron chi connectivity index (χ4n) is 2.58. The van der Waals surface area contributed by atoms with Crippen molar-refractivity contribution in [1.82, 2.24) is 0 Å². The van der Waals surface area contributed by atoms with Crippen LogP contribution >= 0.6 is 0 Å². The number of hydrogen-bond donors (Lipinski definition) is 1. The summed E-state index contributed by atoms with van der Waals surface area (Å²) in [4.78, 5) is 24.3. The maximum absolute atomic E-state index is 12.4. The molecule has 1 aromatic rings. The maximum Gasteiger partial charge on any atom is 0.242 e. The lowest BCUT2D eigenvalue weighted by Gasteiger charge is -2.26. The molecule has 0 heterocycles. The number of amides is 1. The van der Waals surface area contributed by atoms with Crippen LogP contribution in [0.3, 0.4) is 0 Å². The summed E-state index contributed by atoms with van der Waals surface area (Å²) in [5.41, 5.74) is 0.432. The van der Waals surface area contributed by atoms with Crippen molar-refractivity contribution in [3.63, 3.8) is 0 Å². The Bertz CT molecular complexity index is 492. The number of Topliss-reactive ketones (excluding diaryl/α,β-unsaturated/α-hetero) is 1. The van der Waals surface area contributed by atoms with E-state index in [0.29, 0.717) is 12.1 Å².